The van der Waals surface area contributed by atoms with Crippen LogP contribution in [-0.2, 0) is 19.1 Å². The molecule has 0 aliphatic heterocycles. The van der Waals surface area contributed by atoms with Crippen LogP contribution in [0.1, 0.15) is 60.3 Å². The van der Waals surface area contributed by atoms with Crippen LogP contribution in [0.2, 0.25) is 0 Å². The van der Waals surface area contributed by atoms with E-state index in [0.29, 0.717) is 5.92 Å². The van der Waals surface area contributed by atoms with Crippen LogP contribution in [0.4, 0.5) is 0 Å². The topological polar surface area (TPSA) is 84.5 Å². The van der Waals surface area contributed by atoms with Crippen LogP contribution in [0.3, 0.4) is 0 Å². The summed E-state index contributed by atoms with van der Waals surface area (Å²) in [5.41, 5.74) is 0. The number of nitrogens with one attached hydrogen (secondary N) is 2. The lowest BCUT2D eigenvalue weighted by atomic mass is 9.82. The fourth-order valence-electron chi connectivity index (χ4n) is 3.20. The maximum Gasteiger partial charge on any atom is 0.328 e. The van der Waals surface area contributed by atoms with E-state index in [2.05, 4.69) is 17.6 Å². The van der Waals surface area contributed by atoms with Crippen molar-refractivity contribution in [2.45, 2.75) is 72.4 Å². The van der Waals surface area contributed by atoms with E-state index in [1.807, 2.05) is 27.7 Å². The van der Waals surface area contributed by atoms with Gasteiger partial charge in [-0.1, -0.05) is 34.6 Å². The van der Waals surface area contributed by atoms with E-state index in [9.17, 15) is 14.4 Å². The Morgan fingerprint density at radius 3 is 1.84 bits per heavy atom. The summed E-state index contributed by atoms with van der Waals surface area (Å²) in [7, 11) is 1.30. The number of carbonyl (C=O) groups excluding carboxylic acids is 3. The normalized spacial score (nSPS) is 23.0. The molecular formula is C19H34N2O4. The van der Waals surface area contributed by atoms with Gasteiger partial charge in [0, 0.05) is 5.92 Å². The van der Waals surface area contributed by atoms with Crippen molar-refractivity contribution < 1.29 is 19.1 Å². The first kappa shape index (κ1) is 21.5. The van der Waals surface area contributed by atoms with Crippen molar-refractivity contribution in [3.05, 3.63) is 0 Å². The van der Waals surface area contributed by atoms with Crippen LogP contribution < -0.4 is 10.6 Å². The first-order valence-electron chi connectivity index (χ1n) is 9.35. The maximum atomic E-state index is 12.7. The molecule has 0 saturated heterocycles. The molecule has 1 saturated carbocycles. The molecule has 0 unspecified atom stereocenters. The van der Waals surface area contributed by atoms with Crippen molar-refractivity contribution >= 4 is 17.8 Å². The molecule has 0 heterocycles. The van der Waals surface area contributed by atoms with Gasteiger partial charge in [-0.25, -0.2) is 4.79 Å². The monoisotopic (exact) mass is 354 g/mol. The number of carbonyl (C=O) groups is 3. The van der Waals surface area contributed by atoms with Gasteiger partial charge in [0.25, 0.3) is 0 Å². The van der Waals surface area contributed by atoms with Gasteiger partial charge in [-0.05, 0) is 43.4 Å². The number of ether oxygens (including phenoxy) is 1. The smallest absolute Gasteiger partial charge is 0.328 e. The van der Waals surface area contributed by atoms with Crippen molar-refractivity contribution in [2.75, 3.05) is 7.11 Å². The van der Waals surface area contributed by atoms with Crippen molar-refractivity contribution in [1.29, 1.82) is 0 Å². The van der Waals surface area contributed by atoms with Gasteiger partial charge in [0.05, 0.1) is 7.11 Å². The summed E-state index contributed by atoms with van der Waals surface area (Å²) in [6, 6.07) is -1.37. The highest BCUT2D eigenvalue weighted by atomic mass is 16.5. The summed E-state index contributed by atoms with van der Waals surface area (Å²) in [5, 5.41) is 5.63. The lowest BCUT2D eigenvalue weighted by molar-refractivity contribution is -0.147. The minimum atomic E-state index is -0.716. The van der Waals surface area contributed by atoms with Gasteiger partial charge in [-0.15, -0.1) is 0 Å². The summed E-state index contributed by atoms with van der Waals surface area (Å²) in [4.78, 5) is 37.1. The van der Waals surface area contributed by atoms with Crippen molar-refractivity contribution in [1.82, 2.24) is 10.6 Å². The van der Waals surface area contributed by atoms with E-state index in [1.54, 1.807) is 0 Å². The predicted octanol–water partition coefficient (Wildman–Crippen LogP) is 2.27. The zero-order valence-corrected chi connectivity index (χ0v) is 16.4. The maximum absolute atomic E-state index is 12.7. The van der Waals surface area contributed by atoms with Gasteiger partial charge < -0.3 is 15.4 Å². The van der Waals surface area contributed by atoms with Crippen molar-refractivity contribution in [3.63, 3.8) is 0 Å². The van der Waals surface area contributed by atoms with E-state index in [4.69, 9.17) is 4.74 Å². The van der Waals surface area contributed by atoms with Gasteiger partial charge in [-0.2, -0.15) is 0 Å². The average Bonchev–Trinajstić information content (AvgIpc) is 2.56. The molecule has 1 aliphatic carbocycles. The molecule has 2 atom stereocenters. The van der Waals surface area contributed by atoms with E-state index >= 15 is 0 Å². The fraction of sp³-hybridized carbons (Fsp3) is 0.842. The van der Waals surface area contributed by atoms with Crippen LogP contribution >= 0.6 is 0 Å². The molecule has 2 N–H and O–H groups in total. The van der Waals surface area contributed by atoms with Crippen LogP contribution in [0.5, 0.6) is 0 Å². The Morgan fingerprint density at radius 1 is 0.880 bits per heavy atom. The predicted molar refractivity (Wildman–Crippen MR) is 96.7 cm³/mol. The molecular weight excluding hydrogens is 320 g/mol. The minimum Gasteiger partial charge on any atom is -0.467 e. The SMILES string of the molecule is COC(=O)[C@H](NC(=O)[C@H](NC(=O)C1CCC(C)CC1)C(C)C)C(C)C. The Hall–Kier alpha value is -1.59. The molecule has 0 aromatic rings. The van der Waals surface area contributed by atoms with Crippen LogP contribution in [-0.4, -0.2) is 37.0 Å². The van der Waals surface area contributed by atoms with Crippen LogP contribution in [0.15, 0.2) is 0 Å². The second-order valence-electron chi connectivity index (χ2n) is 7.94. The first-order chi connectivity index (χ1) is 11.7. The highest BCUT2D eigenvalue weighted by Gasteiger charge is 2.33. The second kappa shape index (κ2) is 9.78. The zero-order chi connectivity index (χ0) is 19.1. The summed E-state index contributed by atoms with van der Waals surface area (Å²) in [5.74, 6) is -0.390. The van der Waals surface area contributed by atoms with Crippen LogP contribution in [0.25, 0.3) is 0 Å². The Kier molecular flexibility index (Phi) is 8.39. The van der Waals surface area contributed by atoms with E-state index < -0.39 is 18.1 Å². The second-order valence-corrected chi connectivity index (χ2v) is 7.94. The third-order valence-electron chi connectivity index (χ3n) is 5.05. The summed E-state index contributed by atoms with van der Waals surface area (Å²) < 4.78 is 4.76. The van der Waals surface area contributed by atoms with Crippen molar-refractivity contribution in [3.8, 4) is 0 Å². The Balaban J connectivity index is 2.73. The molecule has 0 aromatic heterocycles. The van der Waals surface area contributed by atoms with E-state index in [1.165, 1.54) is 7.11 Å². The number of esters is 1. The van der Waals surface area contributed by atoms with Crippen LogP contribution in [0, 0.1) is 23.7 Å². The molecule has 0 spiro atoms. The zero-order valence-electron chi connectivity index (χ0n) is 16.4. The quantitative estimate of drug-likeness (QED) is 0.687. The molecule has 1 aliphatic rings. The highest BCUT2D eigenvalue weighted by Crippen LogP contribution is 2.28. The third kappa shape index (κ3) is 6.33. The number of rotatable bonds is 7. The summed E-state index contributed by atoms with van der Waals surface area (Å²) in [6.07, 6.45) is 3.84. The highest BCUT2D eigenvalue weighted by molar-refractivity contribution is 5.91. The van der Waals surface area contributed by atoms with Gasteiger partial charge in [-0.3, -0.25) is 9.59 Å². The number of methoxy groups -OCH3 is 1. The molecule has 2 amide bonds. The standard InChI is InChI=1S/C19H34N2O4/c1-11(2)15(18(23)21-16(12(3)4)19(24)25-6)20-17(22)14-9-7-13(5)8-10-14/h11-16H,7-10H2,1-6H3,(H,20,22)(H,21,23)/t13?,14?,15-,16-/m1/s1. The largest absolute Gasteiger partial charge is 0.467 e. The molecule has 6 heteroatoms. The third-order valence-corrected chi connectivity index (χ3v) is 5.05. The molecule has 0 bridgehead atoms. The Morgan fingerprint density at radius 2 is 1.40 bits per heavy atom. The molecule has 1 rings (SSSR count). The van der Waals surface area contributed by atoms with E-state index in [-0.39, 0.29) is 29.6 Å². The number of hydrogen-bond donors (Lipinski definition) is 2. The van der Waals surface area contributed by atoms with E-state index in [0.717, 1.165) is 25.7 Å². The average molecular weight is 354 g/mol. The Bertz CT molecular complexity index is 468. The molecule has 25 heavy (non-hydrogen) atoms. The molecule has 0 aromatic carbocycles. The summed E-state index contributed by atoms with van der Waals surface area (Å²) >= 11 is 0. The van der Waals surface area contributed by atoms with Crippen molar-refractivity contribution in [2.24, 2.45) is 23.7 Å². The minimum absolute atomic E-state index is 0.0215. The number of hydrogen-bond acceptors (Lipinski definition) is 4. The fourth-order valence-corrected chi connectivity index (χ4v) is 3.20. The van der Waals surface area contributed by atoms with Gasteiger partial charge in [0.15, 0.2) is 0 Å². The van der Waals surface area contributed by atoms with Gasteiger partial charge in [0.2, 0.25) is 11.8 Å². The number of amides is 2. The molecule has 0 radical (unpaired) electrons. The summed E-state index contributed by atoms with van der Waals surface area (Å²) in [6.45, 7) is 9.66. The first-order valence-corrected chi connectivity index (χ1v) is 9.35. The Labute approximate surface area is 151 Å². The lowest BCUT2D eigenvalue weighted by Gasteiger charge is -2.29. The molecule has 1 fully saturated rings. The molecule has 144 valence electrons. The van der Waals surface area contributed by atoms with Gasteiger partial charge >= 0.3 is 5.97 Å². The lowest BCUT2D eigenvalue weighted by Crippen LogP contribution is -2.56. The van der Waals surface area contributed by atoms with Gasteiger partial charge in [0.1, 0.15) is 12.1 Å². The molecule has 6 nitrogen and oxygen atoms in total.